The Morgan fingerprint density at radius 1 is 1.20 bits per heavy atom. The minimum absolute atomic E-state index is 0.00271. The molecule has 1 aromatic heterocycles. The number of piperazine rings is 1. The Balaban J connectivity index is 1.68. The Morgan fingerprint density at radius 2 is 1.88 bits per heavy atom. The summed E-state index contributed by atoms with van der Waals surface area (Å²) in [7, 11) is 0. The molecule has 0 radical (unpaired) electrons. The van der Waals surface area contributed by atoms with Gasteiger partial charge in [-0.15, -0.1) is 0 Å². The molecule has 1 N–H and O–H groups in total. The van der Waals surface area contributed by atoms with Crippen molar-refractivity contribution in [2.45, 2.75) is 13.5 Å². The molecule has 1 aromatic carbocycles. The van der Waals surface area contributed by atoms with Crippen molar-refractivity contribution in [2.24, 2.45) is 0 Å². The number of phenolic OH excluding ortho intramolecular Hbond substituents is 1. The SMILES string of the molecule is Cc1cc(CN2CCN(C(=O)c3c(O)c(Cl)cc(Cl)c3Cl)CC2)on1. The van der Waals surface area contributed by atoms with E-state index in [0.717, 1.165) is 11.5 Å². The lowest BCUT2D eigenvalue weighted by molar-refractivity contribution is 0.0615. The lowest BCUT2D eigenvalue weighted by atomic mass is 10.1. The number of amides is 1. The molecule has 25 heavy (non-hydrogen) atoms. The van der Waals surface area contributed by atoms with Gasteiger partial charge in [-0.1, -0.05) is 40.0 Å². The summed E-state index contributed by atoms with van der Waals surface area (Å²) in [6, 6.07) is 3.21. The Labute approximate surface area is 159 Å². The molecule has 134 valence electrons. The van der Waals surface area contributed by atoms with Crippen molar-refractivity contribution in [3.8, 4) is 5.75 Å². The van der Waals surface area contributed by atoms with Crippen LogP contribution in [0, 0.1) is 6.92 Å². The second-order valence-corrected chi connectivity index (χ2v) is 7.07. The summed E-state index contributed by atoms with van der Waals surface area (Å²) < 4.78 is 5.22. The molecule has 0 aliphatic carbocycles. The number of rotatable bonds is 3. The smallest absolute Gasteiger partial charge is 0.259 e. The molecule has 6 nitrogen and oxygen atoms in total. The number of halogens is 3. The lowest BCUT2D eigenvalue weighted by Crippen LogP contribution is -2.48. The van der Waals surface area contributed by atoms with E-state index in [0.29, 0.717) is 32.7 Å². The summed E-state index contributed by atoms with van der Waals surface area (Å²) in [5.74, 6) is 0.0577. The summed E-state index contributed by atoms with van der Waals surface area (Å²) >= 11 is 18.0. The number of nitrogens with zero attached hydrogens (tertiary/aromatic N) is 3. The van der Waals surface area contributed by atoms with Crippen molar-refractivity contribution in [1.29, 1.82) is 0 Å². The van der Waals surface area contributed by atoms with Crippen LogP contribution in [0.4, 0.5) is 0 Å². The Kier molecular flexibility index (Phi) is 5.43. The van der Waals surface area contributed by atoms with Gasteiger partial charge in [0.1, 0.15) is 11.3 Å². The summed E-state index contributed by atoms with van der Waals surface area (Å²) in [5.41, 5.74) is 0.783. The molecule has 2 heterocycles. The van der Waals surface area contributed by atoms with Crippen LogP contribution in [-0.4, -0.2) is 52.1 Å². The maximum atomic E-state index is 12.7. The number of aryl methyl sites for hydroxylation is 1. The summed E-state index contributed by atoms with van der Waals surface area (Å²) in [6.07, 6.45) is 0. The number of carbonyl (C=O) groups excluding carboxylic acids is 1. The van der Waals surface area contributed by atoms with Crippen LogP contribution in [0.2, 0.25) is 15.1 Å². The largest absolute Gasteiger partial charge is 0.505 e. The van der Waals surface area contributed by atoms with Gasteiger partial charge in [0, 0.05) is 32.2 Å². The molecule has 1 aliphatic heterocycles. The first-order valence-electron chi connectivity index (χ1n) is 7.67. The highest BCUT2D eigenvalue weighted by Crippen LogP contribution is 2.39. The normalized spacial score (nSPS) is 15.6. The minimum Gasteiger partial charge on any atom is -0.505 e. The topological polar surface area (TPSA) is 69.8 Å². The fraction of sp³-hybridized carbons (Fsp3) is 0.375. The van der Waals surface area contributed by atoms with Gasteiger partial charge in [-0.05, 0) is 13.0 Å². The molecular formula is C16H16Cl3N3O3. The van der Waals surface area contributed by atoms with Crippen molar-refractivity contribution >= 4 is 40.7 Å². The van der Waals surface area contributed by atoms with E-state index in [-0.39, 0.29) is 32.3 Å². The molecule has 2 aromatic rings. The van der Waals surface area contributed by atoms with E-state index in [2.05, 4.69) is 10.1 Å². The third-order valence-electron chi connectivity index (χ3n) is 4.08. The first-order chi connectivity index (χ1) is 11.9. The van der Waals surface area contributed by atoms with Crippen LogP contribution < -0.4 is 0 Å². The number of aromatic nitrogens is 1. The fourth-order valence-electron chi connectivity index (χ4n) is 2.76. The molecule has 0 spiro atoms. The number of benzene rings is 1. The zero-order valence-electron chi connectivity index (χ0n) is 13.4. The molecule has 1 amide bonds. The van der Waals surface area contributed by atoms with E-state index < -0.39 is 0 Å². The van der Waals surface area contributed by atoms with Gasteiger partial charge in [-0.3, -0.25) is 9.69 Å². The summed E-state index contributed by atoms with van der Waals surface area (Å²) in [5, 5.41) is 14.1. The van der Waals surface area contributed by atoms with Crippen molar-refractivity contribution in [1.82, 2.24) is 15.0 Å². The average Bonchev–Trinajstić information content (AvgIpc) is 2.99. The second kappa shape index (κ2) is 7.41. The molecule has 0 saturated carbocycles. The van der Waals surface area contributed by atoms with Gasteiger partial charge in [0.25, 0.3) is 5.91 Å². The third kappa shape index (κ3) is 3.87. The predicted octanol–water partition coefficient (Wildman–Crippen LogP) is 3.61. The number of hydrogen-bond acceptors (Lipinski definition) is 5. The van der Waals surface area contributed by atoms with E-state index in [9.17, 15) is 9.90 Å². The van der Waals surface area contributed by atoms with E-state index in [1.165, 1.54) is 6.07 Å². The van der Waals surface area contributed by atoms with Gasteiger partial charge in [-0.25, -0.2) is 0 Å². The maximum absolute atomic E-state index is 12.7. The van der Waals surface area contributed by atoms with Crippen LogP contribution >= 0.6 is 34.8 Å². The maximum Gasteiger partial charge on any atom is 0.259 e. The monoisotopic (exact) mass is 403 g/mol. The number of aromatic hydroxyl groups is 1. The quantitative estimate of drug-likeness (QED) is 0.792. The van der Waals surface area contributed by atoms with Gasteiger partial charge < -0.3 is 14.5 Å². The van der Waals surface area contributed by atoms with Gasteiger partial charge in [-0.2, -0.15) is 0 Å². The number of hydrogen-bond donors (Lipinski definition) is 1. The highest BCUT2D eigenvalue weighted by Gasteiger charge is 2.28. The van der Waals surface area contributed by atoms with Crippen molar-refractivity contribution < 1.29 is 14.4 Å². The standard InChI is InChI=1S/C16H16Cl3N3O3/c1-9-6-10(25-20-9)8-21-2-4-22(5-3-21)16(24)13-14(19)11(17)7-12(18)15(13)23/h6-7,23H,2-5,8H2,1H3. The molecule has 1 saturated heterocycles. The molecule has 0 bridgehead atoms. The zero-order chi connectivity index (χ0) is 18.1. The molecule has 1 fully saturated rings. The molecule has 3 rings (SSSR count). The third-order valence-corrected chi connectivity index (χ3v) is 5.15. The lowest BCUT2D eigenvalue weighted by Gasteiger charge is -2.34. The van der Waals surface area contributed by atoms with Gasteiger partial charge in [0.05, 0.1) is 27.3 Å². The van der Waals surface area contributed by atoms with Crippen molar-refractivity contribution in [3.63, 3.8) is 0 Å². The number of phenols is 1. The second-order valence-electron chi connectivity index (χ2n) is 5.88. The highest BCUT2D eigenvalue weighted by molar-refractivity contribution is 6.45. The van der Waals surface area contributed by atoms with Crippen LogP contribution in [-0.2, 0) is 6.54 Å². The van der Waals surface area contributed by atoms with E-state index in [4.69, 9.17) is 39.3 Å². The molecule has 1 aliphatic rings. The first kappa shape index (κ1) is 18.3. The van der Waals surface area contributed by atoms with E-state index in [1.54, 1.807) is 4.90 Å². The van der Waals surface area contributed by atoms with Crippen LogP contribution in [0.25, 0.3) is 0 Å². The predicted molar refractivity (Wildman–Crippen MR) is 95.6 cm³/mol. The van der Waals surface area contributed by atoms with Gasteiger partial charge >= 0.3 is 0 Å². The first-order valence-corrected chi connectivity index (χ1v) is 8.80. The Bertz CT molecular complexity index is 775. The minimum atomic E-state index is -0.387. The van der Waals surface area contributed by atoms with E-state index >= 15 is 0 Å². The van der Waals surface area contributed by atoms with Crippen molar-refractivity contribution in [3.05, 3.63) is 44.2 Å². The molecule has 0 unspecified atom stereocenters. The Morgan fingerprint density at radius 3 is 2.48 bits per heavy atom. The van der Waals surface area contributed by atoms with Crippen LogP contribution in [0.5, 0.6) is 5.75 Å². The van der Waals surface area contributed by atoms with Crippen LogP contribution in [0.15, 0.2) is 16.7 Å². The zero-order valence-corrected chi connectivity index (χ0v) is 15.7. The van der Waals surface area contributed by atoms with Gasteiger partial charge in [0.2, 0.25) is 0 Å². The molecular weight excluding hydrogens is 389 g/mol. The van der Waals surface area contributed by atoms with Crippen LogP contribution in [0.3, 0.4) is 0 Å². The fourth-order valence-corrected chi connectivity index (χ4v) is 3.45. The molecule has 0 atom stereocenters. The van der Waals surface area contributed by atoms with Crippen molar-refractivity contribution in [2.75, 3.05) is 26.2 Å². The van der Waals surface area contributed by atoms with Crippen LogP contribution in [0.1, 0.15) is 21.8 Å². The Hall–Kier alpha value is -1.47. The number of carbonyl (C=O) groups is 1. The molecule has 9 heteroatoms. The van der Waals surface area contributed by atoms with Gasteiger partial charge in [0.15, 0.2) is 5.76 Å². The average molecular weight is 405 g/mol. The summed E-state index contributed by atoms with van der Waals surface area (Å²) in [4.78, 5) is 16.5. The highest BCUT2D eigenvalue weighted by atomic mass is 35.5. The van der Waals surface area contributed by atoms with E-state index in [1.807, 2.05) is 13.0 Å². The summed E-state index contributed by atoms with van der Waals surface area (Å²) in [6.45, 7) is 4.82.